The minimum absolute atomic E-state index is 0.0393. The van der Waals surface area contributed by atoms with Gasteiger partial charge in [0.15, 0.2) is 5.96 Å². The Balaban J connectivity index is 1.82. The smallest absolute Gasteiger partial charge is 0.234 e. The molecule has 168 valence electrons. The molecule has 30 heavy (non-hydrogen) atoms. The van der Waals surface area contributed by atoms with Crippen LogP contribution in [0.3, 0.4) is 0 Å². The zero-order valence-electron chi connectivity index (χ0n) is 18.2. The van der Waals surface area contributed by atoms with Crippen molar-refractivity contribution in [2.24, 2.45) is 4.99 Å². The summed E-state index contributed by atoms with van der Waals surface area (Å²) in [5.74, 6) is 1.70. The van der Waals surface area contributed by atoms with E-state index in [1.807, 2.05) is 18.2 Å². The van der Waals surface area contributed by atoms with Crippen LogP contribution >= 0.6 is 11.6 Å². The third-order valence-electron chi connectivity index (χ3n) is 4.91. The molecule has 0 aliphatic carbocycles. The topological polar surface area (TPSA) is 78.4 Å². The van der Waals surface area contributed by atoms with E-state index >= 15 is 0 Å². The SMILES string of the molecule is CCNC(=NCCc1ccc(OC)cc1Cl)N1CCN(CC(=O)NCCOC)CC1. The van der Waals surface area contributed by atoms with E-state index < -0.39 is 0 Å². The van der Waals surface area contributed by atoms with E-state index in [1.54, 1.807) is 14.2 Å². The fourth-order valence-electron chi connectivity index (χ4n) is 3.24. The minimum atomic E-state index is 0.0393. The van der Waals surface area contributed by atoms with Gasteiger partial charge < -0.3 is 25.0 Å². The maximum absolute atomic E-state index is 12.0. The minimum Gasteiger partial charge on any atom is -0.497 e. The normalized spacial score (nSPS) is 15.2. The van der Waals surface area contributed by atoms with E-state index in [2.05, 4.69) is 27.4 Å². The van der Waals surface area contributed by atoms with Crippen LogP contribution in [0.5, 0.6) is 5.75 Å². The van der Waals surface area contributed by atoms with E-state index in [1.165, 1.54) is 0 Å². The molecule has 0 bridgehead atoms. The van der Waals surface area contributed by atoms with Crippen molar-refractivity contribution in [1.82, 2.24) is 20.4 Å². The van der Waals surface area contributed by atoms with Crippen LogP contribution in [0.4, 0.5) is 0 Å². The number of piperazine rings is 1. The molecular formula is C21H34ClN5O3. The van der Waals surface area contributed by atoms with Crippen molar-refractivity contribution in [1.29, 1.82) is 0 Å². The van der Waals surface area contributed by atoms with Gasteiger partial charge in [0.05, 0.1) is 20.3 Å². The first-order chi connectivity index (χ1) is 14.6. The van der Waals surface area contributed by atoms with Crippen LogP contribution in [0.25, 0.3) is 0 Å². The Bertz CT molecular complexity index is 693. The summed E-state index contributed by atoms with van der Waals surface area (Å²) in [5.41, 5.74) is 1.06. The molecule has 8 nitrogen and oxygen atoms in total. The predicted octanol–water partition coefficient (Wildman–Crippen LogP) is 1.24. The first kappa shape index (κ1) is 24.2. The second kappa shape index (κ2) is 13.3. The molecular weight excluding hydrogens is 406 g/mol. The molecule has 2 rings (SSSR count). The molecule has 1 fully saturated rings. The lowest BCUT2D eigenvalue weighted by molar-refractivity contribution is -0.122. The van der Waals surface area contributed by atoms with Crippen molar-refractivity contribution in [2.75, 3.05) is 73.2 Å². The Kier molecular flexibility index (Phi) is 10.8. The predicted molar refractivity (Wildman–Crippen MR) is 121 cm³/mol. The van der Waals surface area contributed by atoms with Crippen LogP contribution in [-0.2, 0) is 16.0 Å². The first-order valence-electron chi connectivity index (χ1n) is 10.4. The van der Waals surface area contributed by atoms with Crippen molar-refractivity contribution in [3.05, 3.63) is 28.8 Å². The largest absolute Gasteiger partial charge is 0.497 e. The number of nitrogens with one attached hydrogen (secondary N) is 2. The summed E-state index contributed by atoms with van der Waals surface area (Å²) in [6.45, 7) is 8.34. The Morgan fingerprint density at radius 3 is 2.60 bits per heavy atom. The van der Waals surface area contributed by atoms with Gasteiger partial charge in [-0.15, -0.1) is 0 Å². The van der Waals surface area contributed by atoms with Gasteiger partial charge >= 0.3 is 0 Å². The molecule has 0 radical (unpaired) electrons. The van der Waals surface area contributed by atoms with Crippen molar-refractivity contribution >= 4 is 23.5 Å². The fraction of sp³-hybridized carbons (Fsp3) is 0.619. The molecule has 1 amide bonds. The molecule has 1 aliphatic heterocycles. The second-order valence-corrected chi connectivity index (χ2v) is 7.46. The van der Waals surface area contributed by atoms with Crippen LogP contribution in [0.15, 0.2) is 23.2 Å². The lowest BCUT2D eigenvalue weighted by Gasteiger charge is -2.36. The maximum atomic E-state index is 12.0. The summed E-state index contributed by atoms with van der Waals surface area (Å²) in [5, 5.41) is 6.94. The van der Waals surface area contributed by atoms with Crippen LogP contribution in [0.2, 0.25) is 5.02 Å². The van der Waals surface area contributed by atoms with Crippen molar-refractivity contribution in [2.45, 2.75) is 13.3 Å². The van der Waals surface area contributed by atoms with E-state index in [0.29, 0.717) is 31.3 Å². The first-order valence-corrected chi connectivity index (χ1v) is 10.8. The number of guanidine groups is 1. The van der Waals surface area contributed by atoms with Gasteiger partial charge in [-0.05, 0) is 31.0 Å². The summed E-state index contributed by atoms with van der Waals surface area (Å²) < 4.78 is 10.2. The lowest BCUT2D eigenvalue weighted by Crippen LogP contribution is -2.54. The molecule has 1 saturated heterocycles. The Labute approximate surface area is 184 Å². The summed E-state index contributed by atoms with van der Waals surface area (Å²) in [4.78, 5) is 21.2. The highest BCUT2D eigenvalue weighted by atomic mass is 35.5. The van der Waals surface area contributed by atoms with Crippen molar-refractivity contribution < 1.29 is 14.3 Å². The number of rotatable bonds is 10. The van der Waals surface area contributed by atoms with Crippen LogP contribution < -0.4 is 15.4 Å². The van der Waals surface area contributed by atoms with Crippen LogP contribution in [0.1, 0.15) is 12.5 Å². The number of halogens is 1. The number of carbonyl (C=O) groups excluding carboxylic acids is 1. The third kappa shape index (κ3) is 8.01. The standard InChI is InChI=1S/C21H34ClN5O3/c1-4-23-21(25-8-7-17-5-6-18(30-3)15-19(17)22)27-12-10-26(11-13-27)16-20(28)24-9-14-29-2/h5-6,15H,4,7-14,16H2,1-3H3,(H,23,25)(H,24,28). The number of methoxy groups -OCH3 is 2. The van der Waals surface area contributed by atoms with E-state index in [-0.39, 0.29) is 5.91 Å². The van der Waals surface area contributed by atoms with E-state index in [0.717, 1.165) is 56.4 Å². The number of ether oxygens (including phenoxy) is 2. The van der Waals surface area contributed by atoms with Crippen LogP contribution in [0, 0.1) is 0 Å². The number of hydrogen-bond acceptors (Lipinski definition) is 5. The van der Waals surface area contributed by atoms with E-state index in [9.17, 15) is 4.79 Å². The fourth-order valence-corrected chi connectivity index (χ4v) is 3.50. The van der Waals surface area contributed by atoms with Gasteiger partial charge in [-0.2, -0.15) is 0 Å². The van der Waals surface area contributed by atoms with Gasteiger partial charge in [0.1, 0.15) is 5.75 Å². The van der Waals surface area contributed by atoms with Gasteiger partial charge in [-0.1, -0.05) is 17.7 Å². The number of amides is 1. The summed E-state index contributed by atoms with van der Waals surface area (Å²) in [7, 11) is 3.26. The molecule has 1 aliphatic rings. The molecule has 1 aromatic carbocycles. The number of carbonyl (C=O) groups is 1. The number of aliphatic imine (C=N–C) groups is 1. The highest BCUT2D eigenvalue weighted by Gasteiger charge is 2.21. The maximum Gasteiger partial charge on any atom is 0.234 e. The highest BCUT2D eigenvalue weighted by molar-refractivity contribution is 6.31. The number of benzene rings is 1. The molecule has 2 N–H and O–H groups in total. The quantitative estimate of drug-likeness (QED) is 0.324. The van der Waals surface area contributed by atoms with E-state index in [4.69, 9.17) is 26.1 Å². The Hall–Kier alpha value is -2.03. The average molecular weight is 440 g/mol. The molecule has 0 atom stereocenters. The molecule has 0 saturated carbocycles. The molecule has 0 aromatic heterocycles. The average Bonchev–Trinajstić information content (AvgIpc) is 2.75. The molecule has 0 unspecified atom stereocenters. The third-order valence-corrected chi connectivity index (χ3v) is 5.26. The lowest BCUT2D eigenvalue weighted by atomic mass is 10.1. The van der Waals surface area contributed by atoms with Gasteiger partial charge in [0.2, 0.25) is 5.91 Å². The monoisotopic (exact) mass is 439 g/mol. The molecule has 9 heteroatoms. The van der Waals surface area contributed by atoms with Gasteiger partial charge in [0.25, 0.3) is 0 Å². The zero-order chi connectivity index (χ0) is 21.8. The van der Waals surface area contributed by atoms with Crippen molar-refractivity contribution in [3.63, 3.8) is 0 Å². The summed E-state index contributed by atoms with van der Waals surface area (Å²) in [6, 6.07) is 5.73. The molecule has 0 spiro atoms. The Morgan fingerprint density at radius 2 is 1.97 bits per heavy atom. The van der Waals surface area contributed by atoms with Gasteiger partial charge in [0, 0.05) is 57.9 Å². The second-order valence-electron chi connectivity index (χ2n) is 7.05. The number of hydrogen-bond donors (Lipinski definition) is 2. The zero-order valence-corrected chi connectivity index (χ0v) is 19.0. The summed E-state index contributed by atoms with van der Waals surface area (Å²) in [6.07, 6.45) is 0.763. The Morgan fingerprint density at radius 1 is 1.20 bits per heavy atom. The van der Waals surface area contributed by atoms with Crippen molar-refractivity contribution in [3.8, 4) is 5.75 Å². The molecule has 1 aromatic rings. The van der Waals surface area contributed by atoms with Crippen LogP contribution in [-0.4, -0.2) is 94.9 Å². The summed E-state index contributed by atoms with van der Waals surface area (Å²) >= 11 is 6.33. The number of nitrogens with zero attached hydrogens (tertiary/aromatic N) is 3. The van der Waals surface area contributed by atoms with Gasteiger partial charge in [-0.3, -0.25) is 14.7 Å². The highest BCUT2D eigenvalue weighted by Crippen LogP contribution is 2.22. The van der Waals surface area contributed by atoms with Gasteiger partial charge in [-0.25, -0.2) is 0 Å². The molecule has 1 heterocycles.